The van der Waals surface area contributed by atoms with Crippen LogP contribution >= 0.6 is 35.7 Å². The molecular weight excluding hydrogens is 397 g/mol. The Morgan fingerprint density at radius 2 is 2.10 bits per heavy atom. The average molecular weight is 427 g/mol. The van der Waals surface area contributed by atoms with E-state index in [9.17, 15) is 0 Å². The van der Waals surface area contributed by atoms with Gasteiger partial charge in [-0.25, -0.2) is 0 Å². The molecule has 2 heterocycles. The highest BCUT2D eigenvalue weighted by Gasteiger charge is 2.29. The van der Waals surface area contributed by atoms with Gasteiger partial charge in [-0.2, -0.15) is 11.8 Å². The Labute approximate surface area is 150 Å². The summed E-state index contributed by atoms with van der Waals surface area (Å²) in [6, 6.07) is 0. The lowest BCUT2D eigenvalue weighted by Crippen LogP contribution is -2.41. The highest BCUT2D eigenvalue weighted by molar-refractivity contribution is 14.0. The summed E-state index contributed by atoms with van der Waals surface area (Å²) in [5, 5.41) is 6.87. The molecule has 0 amide bonds. The molecule has 0 aromatic carbocycles. The quantitative estimate of drug-likeness (QED) is 0.403. The molecule has 0 spiro atoms. The van der Waals surface area contributed by atoms with Gasteiger partial charge in [-0.3, -0.25) is 4.99 Å². The van der Waals surface area contributed by atoms with Crippen LogP contribution in [0.25, 0.3) is 0 Å². The van der Waals surface area contributed by atoms with E-state index in [0.717, 1.165) is 44.7 Å². The minimum atomic E-state index is 0. The third-order valence-corrected chi connectivity index (χ3v) is 5.64. The number of rotatable bonds is 5. The second-order valence-corrected chi connectivity index (χ2v) is 7.72. The van der Waals surface area contributed by atoms with Crippen LogP contribution in [0.5, 0.6) is 0 Å². The van der Waals surface area contributed by atoms with Gasteiger partial charge in [0.05, 0.1) is 6.54 Å². The smallest absolute Gasteiger partial charge is 0.191 e. The summed E-state index contributed by atoms with van der Waals surface area (Å²) in [5.74, 6) is 3.00. The average Bonchev–Trinajstić information content (AvgIpc) is 2.90. The van der Waals surface area contributed by atoms with Gasteiger partial charge in [-0.05, 0) is 51.2 Å². The third kappa shape index (κ3) is 6.95. The summed E-state index contributed by atoms with van der Waals surface area (Å²) in [6.45, 7) is 9.14. The minimum Gasteiger partial charge on any atom is -0.381 e. The van der Waals surface area contributed by atoms with Gasteiger partial charge >= 0.3 is 0 Å². The van der Waals surface area contributed by atoms with E-state index in [-0.39, 0.29) is 24.0 Å². The van der Waals surface area contributed by atoms with E-state index in [0.29, 0.717) is 4.75 Å². The second-order valence-electron chi connectivity index (χ2n) is 6.03. The van der Waals surface area contributed by atoms with Crippen LogP contribution in [0.1, 0.15) is 39.5 Å². The molecule has 2 rings (SSSR count). The minimum absolute atomic E-state index is 0. The fourth-order valence-corrected chi connectivity index (χ4v) is 3.97. The molecule has 0 aromatic rings. The van der Waals surface area contributed by atoms with Crippen molar-refractivity contribution in [3.05, 3.63) is 0 Å². The maximum absolute atomic E-state index is 5.41. The molecule has 6 heteroatoms. The number of nitrogens with zero attached hydrogens (tertiary/aromatic N) is 1. The number of hydrogen-bond acceptors (Lipinski definition) is 3. The number of hydrogen-bond donors (Lipinski definition) is 2. The number of nitrogens with one attached hydrogen (secondary N) is 2. The number of thioether (sulfide) groups is 1. The predicted molar refractivity (Wildman–Crippen MR) is 103 cm³/mol. The zero-order valence-corrected chi connectivity index (χ0v) is 16.5. The Bertz CT molecular complexity index is 316. The van der Waals surface area contributed by atoms with Crippen molar-refractivity contribution in [2.24, 2.45) is 10.9 Å². The molecule has 1 atom stereocenters. The lowest BCUT2D eigenvalue weighted by atomic mass is 10.0. The van der Waals surface area contributed by atoms with Gasteiger partial charge in [0.1, 0.15) is 0 Å². The Morgan fingerprint density at radius 3 is 2.71 bits per heavy atom. The molecule has 2 saturated heterocycles. The molecule has 4 nitrogen and oxygen atoms in total. The summed E-state index contributed by atoms with van der Waals surface area (Å²) in [6.07, 6.45) is 4.96. The summed E-state index contributed by atoms with van der Waals surface area (Å²) < 4.78 is 5.75. The fourth-order valence-electron chi connectivity index (χ4n) is 2.74. The number of aliphatic imine (C=N–C) groups is 1. The molecule has 2 N–H and O–H groups in total. The van der Waals surface area contributed by atoms with Crippen LogP contribution in [0.2, 0.25) is 0 Å². The largest absolute Gasteiger partial charge is 0.381 e. The van der Waals surface area contributed by atoms with Crippen LogP contribution in [-0.2, 0) is 4.74 Å². The SMILES string of the molecule is CCNC(=NCC1(C)CCCS1)NCC1CCOCC1.I. The van der Waals surface area contributed by atoms with Gasteiger partial charge in [0.15, 0.2) is 5.96 Å². The van der Waals surface area contributed by atoms with Crippen LogP contribution in [0.4, 0.5) is 0 Å². The fraction of sp³-hybridized carbons (Fsp3) is 0.933. The molecule has 0 radical (unpaired) electrons. The number of halogens is 1. The van der Waals surface area contributed by atoms with Crippen molar-refractivity contribution < 1.29 is 4.74 Å². The highest BCUT2D eigenvalue weighted by Crippen LogP contribution is 2.37. The van der Waals surface area contributed by atoms with Crippen LogP contribution in [0.15, 0.2) is 4.99 Å². The lowest BCUT2D eigenvalue weighted by Gasteiger charge is -2.24. The van der Waals surface area contributed by atoms with Crippen LogP contribution in [-0.4, -0.2) is 49.3 Å². The van der Waals surface area contributed by atoms with Gasteiger partial charge in [0.2, 0.25) is 0 Å². The van der Waals surface area contributed by atoms with Crippen LogP contribution < -0.4 is 10.6 Å². The molecule has 0 aliphatic carbocycles. The standard InChI is InChI=1S/C15H29N3OS.HI/c1-3-16-14(17-11-13-5-8-19-9-6-13)18-12-15(2)7-4-10-20-15;/h13H,3-12H2,1-2H3,(H2,16,17,18);1H. The maximum Gasteiger partial charge on any atom is 0.191 e. The van der Waals surface area contributed by atoms with E-state index in [1.165, 1.54) is 31.4 Å². The molecule has 21 heavy (non-hydrogen) atoms. The zero-order valence-electron chi connectivity index (χ0n) is 13.3. The molecule has 124 valence electrons. The molecule has 2 aliphatic rings. The topological polar surface area (TPSA) is 45.7 Å². The Morgan fingerprint density at radius 1 is 1.33 bits per heavy atom. The Kier molecular flexibility index (Phi) is 9.36. The first-order valence-electron chi connectivity index (χ1n) is 7.96. The molecule has 1 unspecified atom stereocenters. The van der Waals surface area contributed by atoms with Crippen LogP contribution in [0, 0.1) is 5.92 Å². The van der Waals surface area contributed by atoms with E-state index >= 15 is 0 Å². The van der Waals surface area contributed by atoms with E-state index < -0.39 is 0 Å². The summed E-state index contributed by atoms with van der Waals surface area (Å²) in [4.78, 5) is 4.79. The normalized spacial score (nSPS) is 27.2. The molecule has 2 fully saturated rings. The lowest BCUT2D eigenvalue weighted by molar-refractivity contribution is 0.0675. The predicted octanol–water partition coefficient (Wildman–Crippen LogP) is 2.87. The first-order chi connectivity index (χ1) is 9.72. The molecular formula is C15H30IN3OS. The highest BCUT2D eigenvalue weighted by atomic mass is 127. The zero-order chi connectivity index (χ0) is 14.3. The summed E-state index contributed by atoms with van der Waals surface area (Å²) in [5.41, 5.74) is 0. The first kappa shape index (κ1) is 19.4. The molecule has 0 saturated carbocycles. The summed E-state index contributed by atoms with van der Waals surface area (Å²) >= 11 is 2.07. The summed E-state index contributed by atoms with van der Waals surface area (Å²) in [7, 11) is 0. The molecule has 0 aromatic heterocycles. The monoisotopic (exact) mass is 427 g/mol. The van der Waals surface area contributed by atoms with Gasteiger partial charge < -0.3 is 15.4 Å². The van der Waals surface area contributed by atoms with Crippen molar-refractivity contribution in [1.82, 2.24) is 10.6 Å². The first-order valence-corrected chi connectivity index (χ1v) is 8.94. The maximum atomic E-state index is 5.41. The second kappa shape index (κ2) is 10.2. The van der Waals surface area contributed by atoms with Crippen molar-refractivity contribution in [2.45, 2.75) is 44.3 Å². The molecule has 2 aliphatic heterocycles. The van der Waals surface area contributed by atoms with E-state index in [4.69, 9.17) is 9.73 Å². The van der Waals surface area contributed by atoms with E-state index in [2.05, 4.69) is 36.2 Å². The number of guanidine groups is 1. The van der Waals surface area contributed by atoms with Crippen LogP contribution in [0.3, 0.4) is 0 Å². The van der Waals surface area contributed by atoms with Crippen molar-refractivity contribution in [2.75, 3.05) is 38.6 Å². The van der Waals surface area contributed by atoms with Gasteiger partial charge in [-0.1, -0.05) is 0 Å². The van der Waals surface area contributed by atoms with Crippen molar-refractivity contribution in [3.8, 4) is 0 Å². The Balaban J connectivity index is 0.00000220. The third-order valence-electron chi connectivity index (χ3n) is 4.12. The number of ether oxygens (including phenoxy) is 1. The van der Waals surface area contributed by atoms with Gasteiger partial charge in [0, 0.05) is 31.1 Å². The van der Waals surface area contributed by atoms with Crippen molar-refractivity contribution in [3.63, 3.8) is 0 Å². The van der Waals surface area contributed by atoms with Crippen molar-refractivity contribution in [1.29, 1.82) is 0 Å². The molecule has 0 bridgehead atoms. The van der Waals surface area contributed by atoms with E-state index in [1.807, 2.05) is 0 Å². The van der Waals surface area contributed by atoms with Gasteiger partial charge in [0.25, 0.3) is 0 Å². The van der Waals surface area contributed by atoms with Crippen molar-refractivity contribution >= 4 is 41.7 Å². The Hall–Kier alpha value is 0.310. The van der Waals surface area contributed by atoms with E-state index in [1.54, 1.807) is 0 Å². The van der Waals surface area contributed by atoms with Gasteiger partial charge in [-0.15, -0.1) is 24.0 Å².